The Morgan fingerprint density at radius 2 is 1.89 bits per heavy atom. The van der Waals surface area contributed by atoms with Crippen molar-refractivity contribution in [1.82, 2.24) is 20.2 Å². The number of nitrogens with zero attached hydrogens (tertiary/aromatic N) is 2. The van der Waals surface area contributed by atoms with Crippen molar-refractivity contribution in [3.8, 4) is 0 Å². The molecule has 0 unspecified atom stereocenters. The average molecular weight is 390 g/mol. The Hall–Kier alpha value is -2.87. The minimum Gasteiger partial charge on any atom is -0.345 e. The van der Waals surface area contributed by atoms with Crippen LogP contribution in [0.4, 0.5) is 13.2 Å². The predicted octanol–water partition coefficient (Wildman–Crippen LogP) is 4.00. The summed E-state index contributed by atoms with van der Waals surface area (Å²) in [6.07, 6.45) is -3.86. The Bertz CT molecular complexity index is 951. The largest absolute Gasteiger partial charge is 0.449 e. The lowest BCUT2D eigenvalue weighted by atomic mass is 10.0. The summed E-state index contributed by atoms with van der Waals surface area (Å²) in [4.78, 5) is 20.5. The van der Waals surface area contributed by atoms with Crippen LogP contribution in [0.25, 0.3) is 11.0 Å². The van der Waals surface area contributed by atoms with Crippen LogP contribution in [0.5, 0.6) is 0 Å². The molecule has 0 fully saturated rings. The molecule has 5 nitrogen and oxygen atoms in total. The van der Waals surface area contributed by atoms with Crippen molar-refractivity contribution in [3.63, 3.8) is 0 Å². The highest BCUT2D eigenvalue weighted by Crippen LogP contribution is 2.28. The van der Waals surface area contributed by atoms with Gasteiger partial charge in [0.2, 0.25) is 5.82 Å². The molecular weight excluding hydrogens is 369 g/mol. The first kappa shape index (κ1) is 19.9. The number of alkyl halides is 3. The monoisotopic (exact) mass is 390 g/mol. The fourth-order valence-electron chi connectivity index (χ4n) is 2.92. The third kappa shape index (κ3) is 4.69. The molecule has 1 aromatic heterocycles. The molecule has 1 atom stereocenters. The normalized spacial score (nSPS) is 13.1. The molecule has 28 heavy (non-hydrogen) atoms. The maximum atomic E-state index is 12.8. The van der Waals surface area contributed by atoms with Crippen LogP contribution in [0.1, 0.15) is 34.2 Å². The van der Waals surface area contributed by atoms with Gasteiger partial charge in [-0.05, 0) is 50.8 Å². The highest BCUT2D eigenvalue weighted by molar-refractivity contribution is 5.97. The quantitative estimate of drug-likeness (QED) is 0.669. The van der Waals surface area contributed by atoms with Gasteiger partial charge in [0.15, 0.2) is 0 Å². The molecule has 0 aliphatic heterocycles. The molecule has 0 spiro atoms. The Kier molecular flexibility index (Phi) is 5.69. The Morgan fingerprint density at radius 1 is 1.18 bits per heavy atom. The number of hydrogen-bond acceptors (Lipinski definition) is 3. The molecule has 3 aromatic rings. The molecule has 3 rings (SSSR count). The van der Waals surface area contributed by atoms with E-state index in [-0.39, 0.29) is 28.5 Å². The summed E-state index contributed by atoms with van der Waals surface area (Å²) in [6.45, 7) is 0.772. The maximum Gasteiger partial charge on any atom is 0.449 e. The molecule has 0 radical (unpaired) electrons. The lowest BCUT2D eigenvalue weighted by Gasteiger charge is -2.21. The smallest absolute Gasteiger partial charge is 0.345 e. The van der Waals surface area contributed by atoms with E-state index in [1.165, 1.54) is 18.2 Å². The Labute approximate surface area is 160 Å². The molecule has 0 saturated heterocycles. The molecule has 0 bridgehead atoms. The average Bonchev–Trinajstić information content (AvgIpc) is 3.09. The molecule has 0 aliphatic carbocycles. The van der Waals surface area contributed by atoms with Crippen LogP contribution in [0.15, 0.2) is 48.5 Å². The molecule has 8 heteroatoms. The first-order valence-corrected chi connectivity index (χ1v) is 8.81. The number of rotatable bonds is 6. The third-order valence-electron chi connectivity index (χ3n) is 4.38. The fourth-order valence-corrected chi connectivity index (χ4v) is 2.92. The SMILES string of the molecule is CN(C)CC[C@H](NC(=O)c1ccc2nc(C(F)(F)F)[nH]c2c1)c1ccccc1. The van der Waals surface area contributed by atoms with E-state index in [1.807, 2.05) is 49.3 Å². The maximum absolute atomic E-state index is 12.8. The molecule has 1 heterocycles. The van der Waals surface area contributed by atoms with Crippen LogP contribution in [0.3, 0.4) is 0 Å². The second-order valence-electron chi connectivity index (χ2n) is 6.84. The van der Waals surface area contributed by atoms with Crippen LogP contribution >= 0.6 is 0 Å². The number of imidazole rings is 1. The van der Waals surface area contributed by atoms with Crippen LogP contribution in [-0.2, 0) is 6.18 Å². The van der Waals surface area contributed by atoms with Crippen molar-refractivity contribution in [2.24, 2.45) is 0 Å². The van der Waals surface area contributed by atoms with Crippen molar-refractivity contribution in [2.75, 3.05) is 20.6 Å². The highest BCUT2D eigenvalue weighted by Gasteiger charge is 2.34. The number of aromatic nitrogens is 2. The third-order valence-corrected chi connectivity index (χ3v) is 4.38. The van der Waals surface area contributed by atoms with Crippen molar-refractivity contribution in [2.45, 2.75) is 18.6 Å². The van der Waals surface area contributed by atoms with Gasteiger partial charge in [0, 0.05) is 5.56 Å². The van der Waals surface area contributed by atoms with Crippen molar-refractivity contribution < 1.29 is 18.0 Å². The van der Waals surface area contributed by atoms with Gasteiger partial charge in [0.1, 0.15) is 0 Å². The number of carbonyl (C=O) groups is 1. The van der Waals surface area contributed by atoms with Gasteiger partial charge in [-0.15, -0.1) is 0 Å². The second-order valence-corrected chi connectivity index (χ2v) is 6.84. The summed E-state index contributed by atoms with van der Waals surface area (Å²) in [7, 11) is 3.91. The fraction of sp³-hybridized carbons (Fsp3) is 0.300. The van der Waals surface area contributed by atoms with E-state index >= 15 is 0 Å². The summed E-state index contributed by atoms with van der Waals surface area (Å²) in [5.74, 6) is -1.43. The van der Waals surface area contributed by atoms with Crippen LogP contribution in [0, 0.1) is 0 Å². The number of benzene rings is 2. The Balaban J connectivity index is 1.82. The molecule has 2 aromatic carbocycles. The number of carbonyl (C=O) groups excluding carboxylic acids is 1. The van der Waals surface area contributed by atoms with Crippen molar-refractivity contribution >= 4 is 16.9 Å². The van der Waals surface area contributed by atoms with E-state index in [2.05, 4.69) is 15.3 Å². The second kappa shape index (κ2) is 8.02. The zero-order valence-corrected chi connectivity index (χ0v) is 15.5. The van der Waals surface area contributed by atoms with E-state index in [4.69, 9.17) is 0 Å². The number of halogens is 3. The van der Waals surface area contributed by atoms with Gasteiger partial charge in [0.05, 0.1) is 17.1 Å². The van der Waals surface area contributed by atoms with E-state index in [9.17, 15) is 18.0 Å². The number of aromatic amines is 1. The first-order valence-electron chi connectivity index (χ1n) is 8.81. The lowest BCUT2D eigenvalue weighted by Crippen LogP contribution is -2.31. The highest BCUT2D eigenvalue weighted by atomic mass is 19.4. The van der Waals surface area contributed by atoms with Crippen LogP contribution in [0.2, 0.25) is 0 Å². The van der Waals surface area contributed by atoms with Gasteiger partial charge < -0.3 is 15.2 Å². The van der Waals surface area contributed by atoms with Crippen LogP contribution < -0.4 is 5.32 Å². The van der Waals surface area contributed by atoms with E-state index in [0.29, 0.717) is 6.42 Å². The topological polar surface area (TPSA) is 61.0 Å². The van der Waals surface area contributed by atoms with E-state index in [1.54, 1.807) is 0 Å². The van der Waals surface area contributed by atoms with Crippen molar-refractivity contribution in [1.29, 1.82) is 0 Å². The zero-order chi connectivity index (χ0) is 20.3. The van der Waals surface area contributed by atoms with Gasteiger partial charge in [-0.25, -0.2) is 4.98 Å². The summed E-state index contributed by atoms with van der Waals surface area (Å²) in [5, 5.41) is 2.98. The molecule has 1 amide bonds. The minimum atomic E-state index is -4.56. The zero-order valence-electron chi connectivity index (χ0n) is 15.5. The molecular formula is C20H21F3N4O. The number of H-pyrrole nitrogens is 1. The summed E-state index contributed by atoms with van der Waals surface area (Å²) < 4.78 is 38.5. The van der Waals surface area contributed by atoms with E-state index in [0.717, 1.165) is 12.1 Å². The van der Waals surface area contributed by atoms with Gasteiger partial charge in [-0.1, -0.05) is 30.3 Å². The van der Waals surface area contributed by atoms with Gasteiger partial charge in [-0.3, -0.25) is 4.79 Å². The Morgan fingerprint density at radius 3 is 2.54 bits per heavy atom. The number of amides is 1. The van der Waals surface area contributed by atoms with Gasteiger partial charge in [-0.2, -0.15) is 13.2 Å². The summed E-state index contributed by atoms with van der Waals surface area (Å²) >= 11 is 0. The minimum absolute atomic E-state index is 0.163. The summed E-state index contributed by atoms with van der Waals surface area (Å²) in [5.41, 5.74) is 1.58. The number of hydrogen-bond donors (Lipinski definition) is 2. The van der Waals surface area contributed by atoms with Gasteiger partial charge >= 0.3 is 6.18 Å². The van der Waals surface area contributed by atoms with Crippen LogP contribution in [-0.4, -0.2) is 41.4 Å². The molecule has 148 valence electrons. The number of fused-ring (bicyclic) bond motifs is 1. The van der Waals surface area contributed by atoms with Gasteiger partial charge in [0.25, 0.3) is 5.91 Å². The van der Waals surface area contributed by atoms with Crippen molar-refractivity contribution in [3.05, 3.63) is 65.5 Å². The standard InChI is InChI=1S/C20H21F3N4O/c1-27(2)11-10-15(13-6-4-3-5-7-13)24-18(28)14-8-9-16-17(12-14)26-19(25-16)20(21,22)23/h3-9,12,15H,10-11H2,1-2H3,(H,24,28)(H,25,26)/t15-/m0/s1. The first-order chi connectivity index (χ1) is 13.2. The molecule has 2 N–H and O–H groups in total. The molecule has 0 aliphatic rings. The molecule has 0 saturated carbocycles. The predicted molar refractivity (Wildman–Crippen MR) is 101 cm³/mol. The number of nitrogens with one attached hydrogen (secondary N) is 2. The summed E-state index contributed by atoms with van der Waals surface area (Å²) in [6, 6.07) is 13.7. The van der Waals surface area contributed by atoms with E-state index < -0.39 is 12.0 Å². The lowest BCUT2D eigenvalue weighted by molar-refractivity contribution is -0.144.